The van der Waals surface area contributed by atoms with Crippen molar-refractivity contribution in [2.24, 2.45) is 10.8 Å². The minimum absolute atomic E-state index is 0.0275. The van der Waals surface area contributed by atoms with Gasteiger partial charge in [0.1, 0.15) is 0 Å². The average molecular weight is 543 g/mol. The largest absolute Gasteiger partial charge is 0.274 e. The molecule has 2 fully saturated rings. The van der Waals surface area contributed by atoms with Crippen LogP contribution in [0.4, 0.5) is 0 Å². The predicted molar refractivity (Wildman–Crippen MR) is 156 cm³/mol. The van der Waals surface area contributed by atoms with E-state index < -0.39 is 0 Å². The fraction of sp³-hybridized carbons (Fsp3) is 0.588. The molecule has 2 aromatic carbocycles. The second-order valence-corrected chi connectivity index (χ2v) is 13.1. The fourth-order valence-corrected chi connectivity index (χ4v) is 8.57. The Morgan fingerprint density at radius 2 is 0.825 bits per heavy atom. The number of hydrogen-bond donors (Lipinski definition) is 0. The lowest BCUT2D eigenvalue weighted by Gasteiger charge is -2.42. The summed E-state index contributed by atoms with van der Waals surface area (Å²) in [7, 11) is 0. The Bertz CT molecular complexity index is 1190. The van der Waals surface area contributed by atoms with Crippen LogP contribution in [0.5, 0.6) is 0 Å². The van der Waals surface area contributed by atoms with Crippen LogP contribution < -0.4 is 0 Å². The van der Waals surface area contributed by atoms with Gasteiger partial charge in [-0.2, -0.15) is 0 Å². The van der Waals surface area contributed by atoms with Crippen molar-refractivity contribution in [3.8, 4) is 0 Å². The van der Waals surface area contributed by atoms with E-state index in [9.17, 15) is 19.2 Å². The number of carbonyl (C=O) groups is 4. The monoisotopic (exact) mass is 542 g/mol. The van der Waals surface area contributed by atoms with Crippen molar-refractivity contribution in [1.82, 2.24) is 9.80 Å². The fourth-order valence-electron chi connectivity index (χ4n) is 8.57. The highest BCUT2D eigenvalue weighted by Crippen LogP contribution is 2.45. The molecule has 2 heterocycles. The smallest absolute Gasteiger partial charge is 0.261 e. The third-order valence-corrected chi connectivity index (χ3v) is 10.4. The number of amides is 4. The van der Waals surface area contributed by atoms with E-state index in [1.807, 2.05) is 0 Å². The molecule has 40 heavy (non-hydrogen) atoms. The maximum absolute atomic E-state index is 13.9. The van der Waals surface area contributed by atoms with Crippen LogP contribution in [0.2, 0.25) is 0 Å². The van der Waals surface area contributed by atoms with Crippen LogP contribution in [-0.2, 0) is 0 Å². The van der Waals surface area contributed by atoms with Crippen molar-refractivity contribution in [2.75, 3.05) is 13.1 Å². The molecule has 0 atom stereocenters. The van der Waals surface area contributed by atoms with Gasteiger partial charge in [-0.25, -0.2) is 0 Å². The van der Waals surface area contributed by atoms with Crippen molar-refractivity contribution in [2.45, 2.75) is 104 Å². The SMILES string of the molecule is CCCC1(CN2C(=O)c3ccc4c5c(ccc(c35)C2=O)C(=O)N(CC2(CCC)CCCCC2)C4=O)CCCCC1. The number of hydrogen-bond acceptors (Lipinski definition) is 4. The minimum atomic E-state index is -0.298. The Kier molecular flexibility index (Phi) is 7.08. The molecule has 0 unspecified atom stereocenters. The lowest BCUT2D eigenvalue weighted by Crippen LogP contribution is -2.49. The van der Waals surface area contributed by atoms with Crippen molar-refractivity contribution >= 4 is 34.4 Å². The van der Waals surface area contributed by atoms with Crippen LogP contribution in [0.3, 0.4) is 0 Å². The Labute approximate surface area is 237 Å². The molecular formula is C34H42N2O4. The highest BCUT2D eigenvalue weighted by molar-refractivity contribution is 6.33. The molecule has 0 saturated heterocycles. The lowest BCUT2D eigenvalue weighted by atomic mass is 9.70. The number of nitrogens with zero attached hydrogens (tertiary/aromatic N) is 2. The molecule has 2 aliphatic carbocycles. The van der Waals surface area contributed by atoms with Crippen molar-refractivity contribution < 1.29 is 19.2 Å². The zero-order valence-corrected chi connectivity index (χ0v) is 24.2. The first-order valence-electron chi connectivity index (χ1n) is 15.7. The zero-order valence-electron chi connectivity index (χ0n) is 24.2. The lowest BCUT2D eigenvalue weighted by molar-refractivity contribution is 0.0435. The number of imide groups is 2. The van der Waals surface area contributed by atoms with Crippen LogP contribution in [0, 0.1) is 10.8 Å². The molecule has 0 radical (unpaired) electrons. The maximum atomic E-state index is 13.9. The maximum Gasteiger partial charge on any atom is 0.261 e. The normalized spacial score (nSPS) is 21.9. The van der Waals surface area contributed by atoms with Gasteiger partial charge in [-0.1, -0.05) is 65.2 Å². The van der Waals surface area contributed by atoms with Gasteiger partial charge in [-0.3, -0.25) is 29.0 Å². The van der Waals surface area contributed by atoms with E-state index >= 15 is 0 Å². The van der Waals surface area contributed by atoms with E-state index in [1.54, 1.807) is 24.3 Å². The predicted octanol–water partition coefficient (Wildman–Crippen LogP) is 7.53. The second kappa shape index (κ2) is 10.4. The molecule has 4 amide bonds. The van der Waals surface area contributed by atoms with E-state index in [4.69, 9.17) is 0 Å². The topological polar surface area (TPSA) is 74.8 Å². The first-order chi connectivity index (χ1) is 19.3. The molecule has 2 aromatic rings. The molecule has 0 aromatic heterocycles. The Morgan fingerprint density at radius 3 is 1.10 bits per heavy atom. The summed E-state index contributed by atoms with van der Waals surface area (Å²) >= 11 is 0. The summed E-state index contributed by atoms with van der Waals surface area (Å²) in [5.41, 5.74) is 1.67. The van der Waals surface area contributed by atoms with Gasteiger partial charge in [0.2, 0.25) is 0 Å². The molecule has 6 rings (SSSR count). The number of carbonyl (C=O) groups excluding carboxylic acids is 4. The summed E-state index contributed by atoms with van der Waals surface area (Å²) in [6.07, 6.45) is 15.2. The van der Waals surface area contributed by atoms with Crippen molar-refractivity contribution in [3.05, 3.63) is 46.5 Å². The highest BCUT2D eigenvalue weighted by Gasteiger charge is 2.44. The summed E-state index contributed by atoms with van der Waals surface area (Å²) in [6.45, 7) is 5.22. The first-order valence-corrected chi connectivity index (χ1v) is 15.7. The average Bonchev–Trinajstić information content (AvgIpc) is 2.96. The van der Waals surface area contributed by atoms with E-state index in [0.717, 1.165) is 77.0 Å². The summed E-state index contributed by atoms with van der Waals surface area (Å²) in [5, 5.41) is 0.966. The first kappa shape index (κ1) is 27.2. The highest BCUT2D eigenvalue weighted by atomic mass is 16.2. The summed E-state index contributed by atoms with van der Waals surface area (Å²) in [5.74, 6) is -1.19. The van der Waals surface area contributed by atoms with E-state index in [-0.39, 0.29) is 34.5 Å². The Hall–Kier alpha value is -3.02. The zero-order chi connectivity index (χ0) is 28.1. The molecule has 0 N–H and O–H groups in total. The van der Waals surface area contributed by atoms with Gasteiger partial charge in [0.25, 0.3) is 23.6 Å². The van der Waals surface area contributed by atoms with Gasteiger partial charge >= 0.3 is 0 Å². The van der Waals surface area contributed by atoms with Crippen LogP contribution in [0.1, 0.15) is 145 Å². The molecule has 6 heteroatoms. The minimum Gasteiger partial charge on any atom is -0.274 e. The van der Waals surface area contributed by atoms with Crippen LogP contribution >= 0.6 is 0 Å². The molecule has 0 spiro atoms. The molecule has 6 nitrogen and oxygen atoms in total. The third-order valence-electron chi connectivity index (χ3n) is 10.4. The molecule has 4 aliphatic rings. The number of benzene rings is 2. The van der Waals surface area contributed by atoms with Gasteiger partial charge in [0.05, 0.1) is 0 Å². The van der Waals surface area contributed by atoms with Gasteiger partial charge in [-0.15, -0.1) is 0 Å². The molecular weight excluding hydrogens is 500 g/mol. The van der Waals surface area contributed by atoms with E-state index in [1.165, 1.54) is 22.6 Å². The summed E-state index contributed by atoms with van der Waals surface area (Å²) < 4.78 is 0. The molecule has 0 bridgehead atoms. The Balaban J connectivity index is 1.38. The van der Waals surface area contributed by atoms with Crippen LogP contribution in [-0.4, -0.2) is 46.5 Å². The second-order valence-electron chi connectivity index (χ2n) is 13.1. The summed E-state index contributed by atoms with van der Waals surface area (Å²) in [4.78, 5) is 58.5. The molecule has 2 saturated carbocycles. The van der Waals surface area contributed by atoms with Crippen LogP contribution in [0.15, 0.2) is 24.3 Å². The molecule has 212 valence electrons. The summed E-state index contributed by atoms with van der Waals surface area (Å²) in [6, 6.07) is 6.87. The van der Waals surface area contributed by atoms with Gasteiger partial charge < -0.3 is 0 Å². The van der Waals surface area contributed by atoms with E-state index in [2.05, 4.69) is 13.8 Å². The van der Waals surface area contributed by atoms with Crippen LogP contribution in [0.25, 0.3) is 10.8 Å². The van der Waals surface area contributed by atoms with Crippen molar-refractivity contribution in [1.29, 1.82) is 0 Å². The van der Waals surface area contributed by atoms with E-state index in [0.29, 0.717) is 46.1 Å². The van der Waals surface area contributed by atoms with Crippen molar-refractivity contribution in [3.63, 3.8) is 0 Å². The Morgan fingerprint density at radius 1 is 0.525 bits per heavy atom. The molecule has 2 aliphatic heterocycles. The number of rotatable bonds is 8. The standard InChI is InChI=1S/C34H42N2O4/c1-3-15-33(17-7-5-8-18-33)21-35-29(37)23-11-13-25-28-26(14-12-24(27(23)28)30(35)38)32(40)36(31(25)39)22-34(16-4-2)19-9-6-10-20-34/h11-14H,3-10,15-22H2,1-2H3. The quantitative estimate of drug-likeness (QED) is 0.323. The third kappa shape index (κ3) is 4.29. The van der Waals surface area contributed by atoms with Gasteiger partial charge in [0, 0.05) is 46.1 Å². The van der Waals surface area contributed by atoms with Gasteiger partial charge in [-0.05, 0) is 73.6 Å². The van der Waals surface area contributed by atoms with Gasteiger partial charge in [0.15, 0.2) is 0 Å².